The lowest BCUT2D eigenvalue weighted by Crippen LogP contribution is -2.08. The van der Waals surface area contributed by atoms with Gasteiger partial charge in [-0.25, -0.2) is 0 Å². The number of allylic oxidation sites excluding steroid dienone is 5. The predicted molar refractivity (Wildman–Crippen MR) is 58.4 cm³/mol. The van der Waals surface area contributed by atoms with Crippen molar-refractivity contribution in [1.82, 2.24) is 5.32 Å². The van der Waals surface area contributed by atoms with Crippen molar-refractivity contribution in [2.45, 2.75) is 19.8 Å². The molecule has 70 valence electrons. The Bertz CT molecular complexity index is 256. The molecule has 0 atom stereocenters. The molecular formula is C12H17N. The standard InChI is InChI=1S/C12H17N/c1-3-11-6-5-7-12(9-8-11)10-13-4-2/h4-8,13H,2-3,9-10H2,1H3. The molecule has 1 heteroatoms. The van der Waals surface area contributed by atoms with Crippen molar-refractivity contribution < 1.29 is 0 Å². The molecule has 1 aliphatic carbocycles. The van der Waals surface area contributed by atoms with Crippen molar-refractivity contribution in [3.63, 3.8) is 0 Å². The minimum Gasteiger partial charge on any atom is -0.388 e. The summed E-state index contributed by atoms with van der Waals surface area (Å²) >= 11 is 0. The molecule has 0 aromatic heterocycles. The fourth-order valence-electron chi connectivity index (χ4n) is 1.30. The second-order valence-electron chi connectivity index (χ2n) is 3.11. The van der Waals surface area contributed by atoms with Gasteiger partial charge < -0.3 is 5.32 Å². The van der Waals surface area contributed by atoms with Crippen LogP contribution in [-0.2, 0) is 0 Å². The largest absolute Gasteiger partial charge is 0.388 e. The van der Waals surface area contributed by atoms with Crippen LogP contribution in [0.2, 0.25) is 0 Å². The summed E-state index contributed by atoms with van der Waals surface area (Å²) in [5.41, 5.74) is 2.82. The maximum atomic E-state index is 3.63. The van der Waals surface area contributed by atoms with Crippen molar-refractivity contribution >= 4 is 0 Å². The number of hydrogen-bond donors (Lipinski definition) is 1. The summed E-state index contributed by atoms with van der Waals surface area (Å²) in [4.78, 5) is 0. The Labute approximate surface area is 80.5 Å². The van der Waals surface area contributed by atoms with Crippen LogP contribution in [0.5, 0.6) is 0 Å². The lowest BCUT2D eigenvalue weighted by Gasteiger charge is -2.02. The van der Waals surface area contributed by atoms with Crippen LogP contribution in [-0.4, -0.2) is 6.54 Å². The molecule has 0 aromatic carbocycles. The molecule has 0 spiro atoms. The van der Waals surface area contributed by atoms with Crippen molar-refractivity contribution in [2.24, 2.45) is 0 Å². The Hall–Kier alpha value is -1.24. The van der Waals surface area contributed by atoms with Gasteiger partial charge in [-0.05, 0) is 24.6 Å². The maximum Gasteiger partial charge on any atom is 0.0360 e. The molecule has 0 aliphatic heterocycles. The molecule has 0 unspecified atom stereocenters. The highest BCUT2D eigenvalue weighted by atomic mass is 14.8. The number of nitrogens with one attached hydrogen (secondary N) is 1. The van der Waals surface area contributed by atoms with E-state index in [-0.39, 0.29) is 0 Å². The van der Waals surface area contributed by atoms with Gasteiger partial charge in [0.05, 0.1) is 0 Å². The molecule has 0 saturated heterocycles. The van der Waals surface area contributed by atoms with Crippen LogP contribution in [0, 0.1) is 0 Å². The van der Waals surface area contributed by atoms with Crippen LogP contribution in [0.15, 0.2) is 48.2 Å². The van der Waals surface area contributed by atoms with Gasteiger partial charge in [-0.1, -0.05) is 43.4 Å². The fourth-order valence-corrected chi connectivity index (χ4v) is 1.30. The Morgan fingerprint density at radius 2 is 2.46 bits per heavy atom. The van der Waals surface area contributed by atoms with Crippen molar-refractivity contribution in [3.05, 3.63) is 48.2 Å². The zero-order valence-electron chi connectivity index (χ0n) is 8.22. The van der Waals surface area contributed by atoms with E-state index in [0.717, 1.165) is 19.4 Å². The van der Waals surface area contributed by atoms with Crippen molar-refractivity contribution in [2.75, 3.05) is 6.54 Å². The lowest BCUT2D eigenvalue weighted by atomic mass is 10.1. The van der Waals surface area contributed by atoms with Crippen molar-refractivity contribution in [3.8, 4) is 0 Å². The normalized spacial score (nSPS) is 15.8. The summed E-state index contributed by atoms with van der Waals surface area (Å²) in [7, 11) is 0. The van der Waals surface area contributed by atoms with Crippen LogP contribution < -0.4 is 5.32 Å². The van der Waals surface area contributed by atoms with Gasteiger partial charge in [-0.3, -0.25) is 0 Å². The van der Waals surface area contributed by atoms with E-state index >= 15 is 0 Å². The smallest absolute Gasteiger partial charge is 0.0360 e. The van der Waals surface area contributed by atoms with Gasteiger partial charge in [0.15, 0.2) is 0 Å². The molecule has 0 bridgehead atoms. The third-order valence-electron chi connectivity index (χ3n) is 2.15. The Balaban J connectivity index is 2.52. The van der Waals surface area contributed by atoms with E-state index in [1.54, 1.807) is 6.20 Å². The monoisotopic (exact) mass is 175 g/mol. The van der Waals surface area contributed by atoms with Crippen LogP contribution in [0.1, 0.15) is 19.8 Å². The first-order valence-corrected chi connectivity index (χ1v) is 4.76. The molecule has 0 heterocycles. The van der Waals surface area contributed by atoms with E-state index < -0.39 is 0 Å². The average molecular weight is 175 g/mol. The van der Waals surface area contributed by atoms with E-state index in [1.807, 2.05) is 0 Å². The third-order valence-corrected chi connectivity index (χ3v) is 2.15. The highest BCUT2D eigenvalue weighted by molar-refractivity contribution is 5.30. The quantitative estimate of drug-likeness (QED) is 0.692. The van der Waals surface area contributed by atoms with Crippen molar-refractivity contribution in [1.29, 1.82) is 0 Å². The zero-order valence-corrected chi connectivity index (χ0v) is 8.22. The molecular weight excluding hydrogens is 158 g/mol. The third kappa shape index (κ3) is 3.32. The van der Waals surface area contributed by atoms with Gasteiger partial charge in [0.25, 0.3) is 0 Å². The van der Waals surface area contributed by atoms with Gasteiger partial charge in [-0.15, -0.1) is 0 Å². The molecule has 1 aliphatic rings. The minimum atomic E-state index is 0.904. The van der Waals surface area contributed by atoms with Gasteiger partial charge in [0.1, 0.15) is 0 Å². The molecule has 0 radical (unpaired) electrons. The van der Waals surface area contributed by atoms with E-state index in [9.17, 15) is 0 Å². The first-order valence-electron chi connectivity index (χ1n) is 4.76. The van der Waals surface area contributed by atoms with Gasteiger partial charge in [-0.2, -0.15) is 0 Å². The number of hydrogen-bond acceptors (Lipinski definition) is 1. The lowest BCUT2D eigenvalue weighted by molar-refractivity contribution is 0.911. The predicted octanol–water partition coefficient (Wildman–Crippen LogP) is 2.94. The summed E-state index contributed by atoms with van der Waals surface area (Å²) < 4.78 is 0. The summed E-state index contributed by atoms with van der Waals surface area (Å²) in [5.74, 6) is 0. The second kappa shape index (κ2) is 5.41. The molecule has 1 rings (SSSR count). The van der Waals surface area contributed by atoms with E-state index in [1.165, 1.54) is 11.1 Å². The molecule has 1 N–H and O–H groups in total. The van der Waals surface area contributed by atoms with E-state index in [2.05, 4.69) is 43.1 Å². The van der Waals surface area contributed by atoms with Crippen LogP contribution >= 0.6 is 0 Å². The summed E-state index contributed by atoms with van der Waals surface area (Å²) in [6, 6.07) is 0. The SMILES string of the molecule is C=CNCC1=CC=CC(CC)=CC1. The van der Waals surface area contributed by atoms with Crippen LogP contribution in [0.25, 0.3) is 0 Å². The van der Waals surface area contributed by atoms with E-state index in [0.29, 0.717) is 0 Å². The Kier molecular flexibility index (Phi) is 4.10. The average Bonchev–Trinajstić information content (AvgIpc) is 2.39. The first-order chi connectivity index (χ1) is 6.36. The van der Waals surface area contributed by atoms with Crippen LogP contribution in [0.4, 0.5) is 0 Å². The van der Waals surface area contributed by atoms with Gasteiger partial charge in [0, 0.05) is 6.54 Å². The van der Waals surface area contributed by atoms with Crippen LogP contribution in [0.3, 0.4) is 0 Å². The summed E-state index contributed by atoms with van der Waals surface area (Å²) in [5, 5.41) is 3.11. The van der Waals surface area contributed by atoms with E-state index in [4.69, 9.17) is 0 Å². The highest BCUT2D eigenvalue weighted by Crippen LogP contribution is 2.13. The number of rotatable bonds is 4. The second-order valence-corrected chi connectivity index (χ2v) is 3.11. The molecule has 0 saturated carbocycles. The first kappa shape index (κ1) is 9.85. The maximum absolute atomic E-state index is 3.63. The summed E-state index contributed by atoms with van der Waals surface area (Å²) in [6.45, 7) is 6.72. The Morgan fingerprint density at radius 3 is 3.15 bits per heavy atom. The highest BCUT2D eigenvalue weighted by Gasteiger charge is 1.97. The summed E-state index contributed by atoms with van der Waals surface area (Å²) in [6.07, 6.45) is 12.7. The van der Waals surface area contributed by atoms with Gasteiger partial charge >= 0.3 is 0 Å². The fraction of sp³-hybridized carbons (Fsp3) is 0.333. The molecule has 0 fully saturated rings. The molecule has 0 amide bonds. The molecule has 1 nitrogen and oxygen atoms in total. The topological polar surface area (TPSA) is 12.0 Å². The minimum absolute atomic E-state index is 0.904. The molecule has 0 aromatic rings. The zero-order chi connectivity index (χ0) is 9.52. The Morgan fingerprint density at radius 1 is 1.62 bits per heavy atom. The van der Waals surface area contributed by atoms with Gasteiger partial charge in [0.2, 0.25) is 0 Å². The molecule has 13 heavy (non-hydrogen) atoms.